The molecule has 0 saturated heterocycles. The summed E-state index contributed by atoms with van der Waals surface area (Å²) in [5, 5.41) is 0. The highest BCUT2D eigenvalue weighted by molar-refractivity contribution is 5.82. The zero-order valence-electron chi connectivity index (χ0n) is 12.4. The smallest absolute Gasteiger partial charge is 0.240 e. The second-order valence-corrected chi connectivity index (χ2v) is 6.18. The van der Waals surface area contributed by atoms with Crippen LogP contribution in [0.5, 0.6) is 0 Å². The highest BCUT2D eigenvalue weighted by Crippen LogP contribution is 2.20. The lowest BCUT2D eigenvalue weighted by Crippen LogP contribution is -2.52. The van der Waals surface area contributed by atoms with E-state index in [-0.39, 0.29) is 17.4 Å². The number of unbranched alkanes of at least 4 members (excludes halogenated alkanes) is 2. The van der Waals surface area contributed by atoms with Crippen molar-refractivity contribution < 1.29 is 4.79 Å². The number of hydrogen-bond donors (Lipinski definition) is 1. The molecule has 0 heterocycles. The van der Waals surface area contributed by atoms with Gasteiger partial charge in [-0.1, -0.05) is 40.5 Å². The van der Waals surface area contributed by atoms with Gasteiger partial charge in [0.2, 0.25) is 5.91 Å². The molecule has 1 amide bonds. The summed E-state index contributed by atoms with van der Waals surface area (Å²) < 4.78 is 0. The average molecular weight is 242 g/mol. The van der Waals surface area contributed by atoms with Crippen LogP contribution in [0.2, 0.25) is 0 Å². The summed E-state index contributed by atoms with van der Waals surface area (Å²) in [6, 6.07) is -0.181. The van der Waals surface area contributed by atoms with Crippen molar-refractivity contribution in [3.05, 3.63) is 0 Å². The van der Waals surface area contributed by atoms with Crippen molar-refractivity contribution in [2.24, 2.45) is 11.1 Å². The molecule has 102 valence electrons. The second-order valence-electron chi connectivity index (χ2n) is 6.18. The van der Waals surface area contributed by atoms with E-state index in [1.165, 1.54) is 12.8 Å². The van der Waals surface area contributed by atoms with Crippen LogP contribution in [0.3, 0.4) is 0 Å². The van der Waals surface area contributed by atoms with Crippen LogP contribution in [0.1, 0.15) is 60.8 Å². The standard InChI is InChI=1S/C14H30N2O/c1-7-8-9-10-16(11(2)3)13(17)12(15)14(4,5)6/h11-12H,7-10,15H2,1-6H3/t12-/m1/s1. The van der Waals surface area contributed by atoms with Gasteiger partial charge in [0.05, 0.1) is 6.04 Å². The first kappa shape index (κ1) is 16.4. The maximum Gasteiger partial charge on any atom is 0.240 e. The van der Waals surface area contributed by atoms with Crippen LogP contribution in [0.15, 0.2) is 0 Å². The molecule has 3 heteroatoms. The summed E-state index contributed by atoms with van der Waals surface area (Å²) in [5.41, 5.74) is 5.87. The molecule has 0 rings (SSSR count). The molecular formula is C14H30N2O. The fraction of sp³-hybridized carbons (Fsp3) is 0.929. The molecule has 0 bridgehead atoms. The molecule has 2 N–H and O–H groups in total. The third kappa shape index (κ3) is 5.53. The molecule has 0 radical (unpaired) electrons. The quantitative estimate of drug-likeness (QED) is 0.728. The fourth-order valence-electron chi connectivity index (χ4n) is 1.70. The Morgan fingerprint density at radius 1 is 1.24 bits per heavy atom. The van der Waals surface area contributed by atoms with Gasteiger partial charge in [-0.25, -0.2) is 0 Å². The lowest BCUT2D eigenvalue weighted by Gasteiger charge is -2.34. The molecule has 0 aliphatic carbocycles. The number of nitrogens with two attached hydrogens (primary N) is 1. The molecule has 0 fully saturated rings. The SMILES string of the molecule is CCCCCN(C(=O)[C@@H](N)C(C)(C)C)C(C)C. The Morgan fingerprint density at radius 2 is 1.76 bits per heavy atom. The minimum Gasteiger partial charge on any atom is -0.339 e. The lowest BCUT2D eigenvalue weighted by molar-refractivity contribution is -0.136. The first-order chi connectivity index (χ1) is 7.71. The van der Waals surface area contributed by atoms with E-state index in [9.17, 15) is 4.79 Å². The Morgan fingerprint density at radius 3 is 2.12 bits per heavy atom. The Bertz CT molecular complexity index is 231. The second kappa shape index (κ2) is 7.00. The van der Waals surface area contributed by atoms with E-state index in [1.54, 1.807) is 0 Å². The minimum absolute atomic E-state index is 0.0867. The molecule has 0 aliphatic heterocycles. The van der Waals surface area contributed by atoms with Crippen molar-refractivity contribution >= 4 is 5.91 Å². The summed E-state index contributed by atoms with van der Waals surface area (Å²) in [5.74, 6) is 0.0867. The monoisotopic (exact) mass is 242 g/mol. The van der Waals surface area contributed by atoms with Gasteiger partial charge in [-0.05, 0) is 25.7 Å². The third-order valence-corrected chi connectivity index (χ3v) is 3.11. The number of carbonyl (C=O) groups is 1. The summed E-state index contributed by atoms with van der Waals surface area (Å²) in [7, 11) is 0. The van der Waals surface area contributed by atoms with E-state index in [0.29, 0.717) is 0 Å². The number of amides is 1. The predicted octanol–water partition coefficient (Wildman–Crippen LogP) is 2.79. The molecular weight excluding hydrogens is 212 g/mol. The Balaban J connectivity index is 4.55. The van der Waals surface area contributed by atoms with Crippen LogP contribution in [0, 0.1) is 5.41 Å². The van der Waals surface area contributed by atoms with Crippen molar-refractivity contribution in [1.82, 2.24) is 4.90 Å². The van der Waals surface area contributed by atoms with E-state index in [4.69, 9.17) is 5.73 Å². The van der Waals surface area contributed by atoms with Crippen LogP contribution in [-0.4, -0.2) is 29.4 Å². The van der Waals surface area contributed by atoms with Gasteiger partial charge in [0.25, 0.3) is 0 Å². The maximum atomic E-state index is 12.3. The predicted molar refractivity (Wildman–Crippen MR) is 73.8 cm³/mol. The van der Waals surface area contributed by atoms with Gasteiger partial charge < -0.3 is 10.6 Å². The molecule has 0 unspecified atom stereocenters. The Kier molecular flexibility index (Phi) is 6.76. The average Bonchev–Trinajstić information content (AvgIpc) is 2.20. The minimum atomic E-state index is -0.411. The van der Waals surface area contributed by atoms with E-state index in [0.717, 1.165) is 13.0 Å². The van der Waals surface area contributed by atoms with Gasteiger partial charge in [-0.15, -0.1) is 0 Å². The molecule has 17 heavy (non-hydrogen) atoms. The molecule has 1 atom stereocenters. The first-order valence-electron chi connectivity index (χ1n) is 6.77. The number of rotatable bonds is 6. The molecule has 0 saturated carbocycles. The molecule has 0 aromatic rings. The van der Waals surface area contributed by atoms with Crippen molar-refractivity contribution in [3.8, 4) is 0 Å². The van der Waals surface area contributed by atoms with E-state index < -0.39 is 6.04 Å². The summed E-state index contributed by atoms with van der Waals surface area (Å²) >= 11 is 0. The molecule has 0 spiro atoms. The van der Waals surface area contributed by atoms with Crippen LogP contribution in [-0.2, 0) is 4.79 Å². The van der Waals surface area contributed by atoms with E-state index in [1.807, 2.05) is 25.7 Å². The highest BCUT2D eigenvalue weighted by Gasteiger charge is 2.31. The Hall–Kier alpha value is -0.570. The third-order valence-electron chi connectivity index (χ3n) is 3.11. The lowest BCUT2D eigenvalue weighted by atomic mass is 9.86. The zero-order chi connectivity index (χ0) is 13.6. The molecule has 0 aromatic carbocycles. The first-order valence-corrected chi connectivity index (χ1v) is 6.77. The summed E-state index contributed by atoms with van der Waals surface area (Å²) in [4.78, 5) is 14.2. The maximum absolute atomic E-state index is 12.3. The molecule has 3 nitrogen and oxygen atoms in total. The van der Waals surface area contributed by atoms with Gasteiger partial charge >= 0.3 is 0 Å². The highest BCUT2D eigenvalue weighted by atomic mass is 16.2. The topological polar surface area (TPSA) is 46.3 Å². The molecule has 0 aliphatic rings. The van der Waals surface area contributed by atoms with E-state index in [2.05, 4.69) is 20.8 Å². The van der Waals surface area contributed by atoms with Crippen LogP contribution in [0.4, 0.5) is 0 Å². The number of hydrogen-bond acceptors (Lipinski definition) is 2. The van der Waals surface area contributed by atoms with Gasteiger partial charge in [-0.3, -0.25) is 4.79 Å². The van der Waals surface area contributed by atoms with Crippen molar-refractivity contribution in [2.75, 3.05) is 6.54 Å². The van der Waals surface area contributed by atoms with Crippen LogP contribution >= 0.6 is 0 Å². The Labute approximate surface area is 107 Å². The van der Waals surface area contributed by atoms with Gasteiger partial charge in [0.1, 0.15) is 0 Å². The van der Waals surface area contributed by atoms with E-state index >= 15 is 0 Å². The van der Waals surface area contributed by atoms with Crippen LogP contribution < -0.4 is 5.73 Å². The normalized spacial score (nSPS) is 13.9. The number of nitrogens with zero attached hydrogens (tertiary/aromatic N) is 1. The summed E-state index contributed by atoms with van der Waals surface area (Å²) in [6.45, 7) is 13.1. The van der Waals surface area contributed by atoms with Crippen molar-refractivity contribution in [2.45, 2.75) is 72.9 Å². The largest absolute Gasteiger partial charge is 0.339 e. The van der Waals surface area contributed by atoms with Gasteiger partial charge in [-0.2, -0.15) is 0 Å². The van der Waals surface area contributed by atoms with Gasteiger partial charge in [0, 0.05) is 12.6 Å². The van der Waals surface area contributed by atoms with Gasteiger partial charge in [0.15, 0.2) is 0 Å². The zero-order valence-corrected chi connectivity index (χ0v) is 12.4. The number of carbonyl (C=O) groups excluding carboxylic acids is 1. The fourth-order valence-corrected chi connectivity index (χ4v) is 1.70. The summed E-state index contributed by atoms with van der Waals surface area (Å²) in [6.07, 6.45) is 3.41. The van der Waals surface area contributed by atoms with Crippen molar-refractivity contribution in [1.29, 1.82) is 0 Å². The van der Waals surface area contributed by atoms with Crippen LogP contribution in [0.25, 0.3) is 0 Å². The molecule has 0 aromatic heterocycles. The van der Waals surface area contributed by atoms with Crippen molar-refractivity contribution in [3.63, 3.8) is 0 Å².